The Morgan fingerprint density at radius 2 is 1.56 bits per heavy atom. The van der Waals surface area contributed by atoms with Crippen LogP contribution in [0.5, 0.6) is 0 Å². The van der Waals surface area contributed by atoms with Crippen molar-refractivity contribution in [2.24, 2.45) is 11.8 Å². The second kappa shape index (κ2) is 11.3. The van der Waals surface area contributed by atoms with Crippen molar-refractivity contribution in [1.82, 2.24) is 9.80 Å². The van der Waals surface area contributed by atoms with Crippen LogP contribution in [0.15, 0.2) is 0 Å². The second-order valence-corrected chi connectivity index (χ2v) is 8.80. The van der Waals surface area contributed by atoms with Crippen molar-refractivity contribution in [2.45, 2.75) is 91.0 Å². The molecular formula is C22H42N2O. The SMILES string of the molecule is CCC(=O)C1CCC(N2CCN(CCCCCCC(C)C)CC2)CC1. The van der Waals surface area contributed by atoms with E-state index < -0.39 is 0 Å². The van der Waals surface area contributed by atoms with Crippen molar-refractivity contribution < 1.29 is 4.79 Å². The maximum Gasteiger partial charge on any atom is 0.135 e. The fourth-order valence-corrected chi connectivity index (χ4v) is 4.65. The summed E-state index contributed by atoms with van der Waals surface area (Å²) in [6.45, 7) is 12.9. The normalized spacial score (nSPS) is 26.2. The van der Waals surface area contributed by atoms with Crippen LogP contribution >= 0.6 is 0 Å². The topological polar surface area (TPSA) is 23.6 Å². The van der Waals surface area contributed by atoms with Gasteiger partial charge in [-0.25, -0.2) is 0 Å². The molecule has 3 nitrogen and oxygen atoms in total. The second-order valence-electron chi connectivity index (χ2n) is 8.80. The molecule has 2 aliphatic rings. The van der Waals surface area contributed by atoms with Crippen LogP contribution in [0.25, 0.3) is 0 Å². The summed E-state index contributed by atoms with van der Waals surface area (Å²) >= 11 is 0. The van der Waals surface area contributed by atoms with Crippen LogP contribution in [-0.2, 0) is 4.79 Å². The van der Waals surface area contributed by atoms with Crippen molar-refractivity contribution in [3.8, 4) is 0 Å². The van der Waals surface area contributed by atoms with Gasteiger partial charge in [0.1, 0.15) is 5.78 Å². The first-order chi connectivity index (χ1) is 12.1. The summed E-state index contributed by atoms with van der Waals surface area (Å²) in [6, 6.07) is 0.749. The first-order valence-electron chi connectivity index (χ1n) is 11.1. The summed E-state index contributed by atoms with van der Waals surface area (Å²) in [6.07, 6.45) is 12.5. The van der Waals surface area contributed by atoms with E-state index in [9.17, 15) is 4.79 Å². The van der Waals surface area contributed by atoms with Crippen LogP contribution in [-0.4, -0.2) is 54.3 Å². The zero-order chi connectivity index (χ0) is 18.1. The molecule has 0 amide bonds. The van der Waals surface area contributed by atoms with E-state index in [1.807, 2.05) is 6.92 Å². The number of rotatable bonds is 10. The van der Waals surface area contributed by atoms with Gasteiger partial charge in [0.25, 0.3) is 0 Å². The van der Waals surface area contributed by atoms with E-state index >= 15 is 0 Å². The highest BCUT2D eigenvalue weighted by molar-refractivity contribution is 5.80. The number of ketones is 1. The minimum atomic E-state index is 0.373. The fourth-order valence-electron chi connectivity index (χ4n) is 4.65. The molecule has 25 heavy (non-hydrogen) atoms. The quantitative estimate of drug-likeness (QED) is 0.531. The molecule has 0 bridgehead atoms. The first kappa shape index (κ1) is 20.9. The molecule has 146 valence electrons. The van der Waals surface area contributed by atoms with E-state index in [-0.39, 0.29) is 0 Å². The molecule has 1 heterocycles. The van der Waals surface area contributed by atoms with Crippen molar-refractivity contribution in [1.29, 1.82) is 0 Å². The molecule has 2 rings (SSSR count). The van der Waals surface area contributed by atoms with Gasteiger partial charge in [0, 0.05) is 44.6 Å². The maximum atomic E-state index is 11.9. The number of hydrogen-bond donors (Lipinski definition) is 0. The Morgan fingerprint density at radius 3 is 2.16 bits per heavy atom. The minimum Gasteiger partial charge on any atom is -0.301 e. The Kier molecular flexibility index (Phi) is 9.47. The first-order valence-corrected chi connectivity index (χ1v) is 11.1. The summed E-state index contributed by atoms with van der Waals surface area (Å²) in [5, 5.41) is 0. The lowest BCUT2D eigenvalue weighted by Gasteiger charge is -2.41. The van der Waals surface area contributed by atoms with Gasteiger partial charge >= 0.3 is 0 Å². The highest BCUT2D eigenvalue weighted by Gasteiger charge is 2.30. The number of unbranched alkanes of at least 4 members (excludes halogenated alkanes) is 3. The van der Waals surface area contributed by atoms with E-state index in [0.29, 0.717) is 11.7 Å². The number of Topliss-reactive ketones (excluding diaryl/α,β-unsaturated/α-hetero) is 1. The number of carbonyl (C=O) groups is 1. The van der Waals surface area contributed by atoms with E-state index in [4.69, 9.17) is 0 Å². The van der Waals surface area contributed by atoms with Crippen molar-refractivity contribution in [2.75, 3.05) is 32.7 Å². The number of nitrogens with zero attached hydrogens (tertiary/aromatic N) is 2. The van der Waals surface area contributed by atoms with E-state index in [2.05, 4.69) is 23.6 Å². The van der Waals surface area contributed by atoms with Crippen molar-refractivity contribution in [3.05, 3.63) is 0 Å². The lowest BCUT2D eigenvalue weighted by molar-refractivity contribution is -0.123. The van der Waals surface area contributed by atoms with Crippen molar-refractivity contribution in [3.63, 3.8) is 0 Å². The van der Waals surface area contributed by atoms with E-state index in [1.165, 1.54) is 77.7 Å². The predicted molar refractivity (Wildman–Crippen MR) is 107 cm³/mol. The molecule has 0 atom stereocenters. The number of hydrogen-bond acceptors (Lipinski definition) is 3. The van der Waals surface area contributed by atoms with Gasteiger partial charge in [-0.1, -0.05) is 46.5 Å². The molecule has 0 spiro atoms. The third kappa shape index (κ3) is 7.38. The number of carbonyl (C=O) groups excluding carboxylic acids is 1. The average Bonchev–Trinajstić information content (AvgIpc) is 2.64. The fraction of sp³-hybridized carbons (Fsp3) is 0.955. The summed E-state index contributed by atoms with van der Waals surface area (Å²) in [7, 11) is 0. The van der Waals surface area contributed by atoms with Crippen LogP contribution in [0, 0.1) is 11.8 Å². The summed E-state index contributed by atoms with van der Waals surface area (Å²) in [5.41, 5.74) is 0. The van der Waals surface area contributed by atoms with Gasteiger partial charge < -0.3 is 4.90 Å². The number of piperazine rings is 1. The third-order valence-corrected chi connectivity index (χ3v) is 6.43. The molecule has 0 aromatic carbocycles. The molecule has 2 fully saturated rings. The van der Waals surface area contributed by atoms with Gasteiger partial charge in [0.2, 0.25) is 0 Å². The highest BCUT2D eigenvalue weighted by Crippen LogP contribution is 2.29. The molecule has 1 aliphatic heterocycles. The van der Waals surface area contributed by atoms with Gasteiger partial charge in [0.15, 0.2) is 0 Å². The van der Waals surface area contributed by atoms with Gasteiger partial charge in [0.05, 0.1) is 0 Å². The van der Waals surface area contributed by atoms with Crippen LogP contribution in [0.3, 0.4) is 0 Å². The average molecular weight is 351 g/mol. The van der Waals surface area contributed by atoms with Crippen molar-refractivity contribution >= 4 is 5.78 Å². The lowest BCUT2D eigenvalue weighted by Crippen LogP contribution is -2.51. The Balaban J connectivity index is 1.54. The molecule has 1 saturated carbocycles. The summed E-state index contributed by atoms with van der Waals surface area (Å²) in [5.74, 6) is 1.73. The summed E-state index contributed by atoms with van der Waals surface area (Å²) in [4.78, 5) is 17.3. The molecular weight excluding hydrogens is 308 g/mol. The molecule has 0 aromatic rings. The standard InChI is InChI=1S/C22H42N2O/c1-4-22(25)20-10-12-21(13-11-20)24-17-15-23(16-18-24)14-8-6-5-7-9-19(2)3/h19-21H,4-18H2,1-3H3. The molecule has 0 aromatic heterocycles. The van der Waals surface area contributed by atoms with Gasteiger partial charge in [-0.05, 0) is 44.6 Å². The monoisotopic (exact) mass is 350 g/mol. The maximum absolute atomic E-state index is 11.9. The molecule has 3 heteroatoms. The summed E-state index contributed by atoms with van der Waals surface area (Å²) < 4.78 is 0. The smallest absolute Gasteiger partial charge is 0.135 e. The largest absolute Gasteiger partial charge is 0.301 e. The Labute approximate surface area is 156 Å². The lowest BCUT2D eigenvalue weighted by atomic mass is 9.82. The van der Waals surface area contributed by atoms with Crippen LogP contribution < -0.4 is 0 Å². The zero-order valence-electron chi connectivity index (χ0n) is 17.1. The van der Waals surface area contributed by atoms with Crippen LogP contribution in [0.4, 0.5) is 0 Å². The Bertz CT molecular complexity index is 366. The van der Waals surface area contributed by atoms with Crippen LogP contribution in [0.1, 0.15) is 85.0 Å². The molecule has 1 saturated heterocycles. The Hall–Kier alpha value is -0.410. The van der Waals surface area contributed by atoms with Crippen LogP contribution in [0.2, 0.25) is 0 Å². The zero-order valence-corrected chi connectivity index (χ0v) is 17.1. The molecule has 0 radical (unpaired) electrons. The third-order valence-electron chi connectivity index (χ3n) is 6.43. The molecule has 1 aliphatic carbocycles. The van der Waals surface area contributed by atoms with Gasteiger partial charge in [-0.15, -0.1) is 0 Å². The molecule has 0 N–H and O–H groups in total. The minimum absolute atomic E-state index is 0.373. The highest BCUT2D eigenvalue weighted by atomic mass is 16.1. The molecule has 0 unspecified atom stereocenters. The van der Waals surface area contributed by atoms with E-state index in [1.54, 1.807) is 0 Å². The predicted octanol–water partition coefficient (Wildman–Crippen LogP) is 4.75. The van der Waals surface area contributed by atoms with E-state index in [0.717, 1.165) is 31.2 Å². The van der Waals surface area contributed by atoms with Gasteiger partial charge in [-0.2, -0.15) is 0 Å². The Morgan fingerprint density at radius 1 is 0.920 bits per heavy atom. The van der Waals surface area contributed by atoms with Gasteiger partial charge in [-0.3, -0.25) is 9.69 Å².